The predicted molar refractivity (Wildman–Crippen MR) is 39.4 cm³/mol. The van der Waals surface area contributed by atoms with Crippen LogP contribution < -0.4 is 0 Å². The molecule has 0 atom stereocenters. The second-order valence-electron chi connectivity index (χ2n) is 2.21. The van der Waals surface area contributed by atoms with Crippen LogP contribution in [0.3, 0.4) is 0 Å². The van der Waals surface area contributed by atoms with E-state index in [0.717, 1.165) is 0 Å². The van der Waals surface area contributed by atoms with Gasteiger partial charge in [-0.15, -0.1) is 0 Å². The monoisotopic (exact) mass is 170 g/mol. The lowest BCUT2D eigenvalue weighted by molar-refractivity contribution is -0.140. The maximum atomic E-state index is 10.7. The molecule has 0 N–H and O–H groups in total. The first kappa shape index (κ1) is 8.70. The number of carbonyl (C=O) groups excluding carboxylic acids is 1. The van der Waals surface area contributed by atoms with E-state index in [1.54, 1.807) is 0 Å². The van der Waals surface area contributed by atoms with Gasteiger partial charge in [-0.25, -0.2) is 0 Å². The van der Waals surface area contributed by atoms with E-state index < -0.39 is 0 Å². The summed E-state index contributed by atoms with van der Waals surface area (Å²) in [7, 11) is 1.32. The maximum Gasteiger partial charge on any atom is 0.315 e. The number of ether oxygens (including phenoxy) is 1. The fourth-order valence-corrected chi connectivity index (χ4v) is 0.701. The van der Waals surface area contributed by atoms with Gasteiger partial charge in [0, 0.05) is 6.42 Å². The van der Waals surface area contributed by atoms with Crippen molar-refractivity contribution in [3.05, 3.63) is 11.7 Å². The minimum absolute atomic E-state index is 0.0451. The van der Waals surface area contributed by atoms with Gasteiger partial charge >= 0.3 is 5.97 Å². The van der Waals surface area contributed by atoms with Crippen LogP contribution in [0.5, 0.6) is 0 Å². The smallest absolute Gasteiger partial charge is 0.315 e. The Kier molecular flexibility index (Phi) is 2.79. The molecule has 0 radical (unpaired) electrons. The van der Waals surface area contributed by atoms with Gasteiger partial charge in [0.05, 0.1) is 7.11 Å². The zero-order valence-electron chi connectivity index (χ0n) is 7.03. The fraction of sp³-hybridized carbons (Fsp3) is 0.571. The van der Waals surface area contributed by atoms with Crippen LogP contribution in [0.25, 0.3) is 0 Å². The van der Waals surface area contributed by atoms with Gasteiger partial charge in [-0.1, -0.05) is 12.1 Å². The molecule has 5 nitrogen and oxygen atoms in total. The molecule has 66 valence electrons. The Balaban J connectivity index is 2.58. The molecule has 0 amide bonds. The van der Waals surface area contributed by atoms with Crippen LogP contribution >= 0.6 is 0 Å². The van der Waals surface area contributed by atoms with E-state index in [9.17, 15) is 4.79 Å². The molecule has 0 saturated carbocycles. The summed E-state index contributed by atoms with van der Waals surface area (Å²) in [5.74, 6) is 0.536. The number of esters is 1. The average molecular weight is 170 g/mol. The Morgan fingerprint density at radius 3 is 2.92 bits per heavy atom. The van der Waals surface area contributed by atoms with E-state index in [1.165, 1.54) is 7.11 Å². The van der Waals surface area contributed by atoms with Gasteiger partial charge in [0.25, 0.3) is 0 Å². The molecule has 0 spiro atoms. The van der Waals surface area contributed by atoms with Crippen LogP contribution in [-0.2, 0) is 22.4 Å². The first-order valence-corrected chi connectivity index (χ1v) is 3.64. The van der Waals surface area contributed by atoms with E-state index in [1.807, 2.05) is 6.92 Å². The summed E-state index contributed by atoms with van der Waals surface area (Å²) in [5, 5.41) is 3.63. The topological polar surface area (TPSA) is 65.2 Å². The molecule has 1 aromatic heterocycles. The third-order valence-electron chi connectivity index (χ3n) is 1.35. The highest BCUT2D eigenvalue weighted by Crippen LogP contribution is 1.99. The quantitative estimate of drug-likeness (QED) is 0.612. The maximum absolute atomic E-state index is 10.7. The second kappa shape index (κ2) is 3.85. The number of hydrogen-bond acceptors (Lipinski definition) is 5. The summed E-state index contributed by atoms with van der Waals surface area (Å²) < 4.78 is 9.20. The van der Waals surface area contributed by atoms with Gasteiger partial charge in [0.15, 0.2) is 5.82 Å². The summed E-state index contributed by atoms with van der Waals surface area (Å²) in [6.45, 7) is 1.91. The van der Waals surface area contributed by atoms with E-state index >= 15 is 0 Å². The Labute approximate surface area is 69.7 Å². The lowest BCUT2D eigenvalue weighted by Gasteiger charge is -1.91. The highest BCUT2D eigenvalue weighted by molar-refractivity contribution is 5.70. The van der Waals surface area contributed by atoms with Crippen molar-refractivity contribution >= 4 is 5.97 Å². The van der Waals surface area contributed by atoms with Crippen molar-refractivity contribution in [3.63, 3.8) is 0 Å². The lowest BCUT2D eigenvalue weighted by atomic mass is 10.4. The summed E-state index contributed by atoms with van der Waals surface area (Å²) >= 11 is 0. The zero-order valence-corrected chi connectivity index (χ0v) is 7.03. The van der Waals surface area contributed by atoms with Crippen molar-refractivity contribution in [1.29, 1.82) is 0 Å². The summed E-state index contributed by atoms with van der Waals surface area (Å²) in [6.07, 6.45) is 0.744. The largest absolute Gasteiger partial charge is 0.469 e. The van der Waals surface area contributed by atoms with Crippen molar-refractivity contribution in [1.82, 2.24) is 10.1 Å². The number of hydrogen-bond donors (Lipinski definition) is 0. The predicted octanol–water partition coefficient (Wildman–Crippen LogP) is 0.347. The number of rotatable bonds is 3. The highest BCUT2D eigenvalue weighted by atomic mass is 16.5. The number of carbonyl (C=O) groups is 1. The third kappa shape index (κ3) is 2.05. The van der Waals surface area contributed by atoms with Crippen molar-refractivity contribution in [2.75, 3.05) is 7.11 Å². The molecule has 1 rings (SSSR count). The van der Waals surface area contributed by atoms with Gasteiger partial charge < -0.3 is 9.26 Å². The Morgan fingerprint density at radius 1 is 1.67 bits per heavy atom. The van der Waals surface area contributed by atoms with Gasteiger partial charge in [-0.2, -0.15) is 4.98 Å². The van der Waals surface area contributed by atoms with Crippen LogP contribution in [0.4, 0.5) is 0 Å². The van der Waals surface area contributed by atoms with Gasteiger partial charge in [-0.05, 0) is 0 Å². The minimum Gasteiger partial charge on any atom is -0.469 e. The Morgan fingerprint density at radius 2 is 2.42 bits per heavy atom. The zero-order chi connectivity index (χ0) is 8.97. The molecular weight excluding hydrogens is 160 g/mol. The molecule has 0 fully saturated rings. The normalized spacial score (nSPS) is 9.83. The number of methoxy groups -OCH3 is 1. The van der Waals surface area contributed by atoms with E-state index in [2.05, 4.69) is 14.9 Å². The highest BCUT2D eigenvalue weighted by Gasteiger charge is 2.09. The van der Waals surface area contributed by atoms with Crippen LogP contribution in [0.15, 0.2) is 4.52 Å². The average Bonchev–Trinajstić information content (AvgIpc) is 2.52. The van der Waals surface area contributed by atoms with E-state index in [0.29, 0.717) is 18.1 Å². The number of aromatic nitrogens is 2. The summed E-state index contributed by atoms with van der Waals surface area (Å²) in [4.78, 5) is 14.7. The van der Waals surface area contributed by atoms with Crippen molar-refractivity contribution < 1.29 is 14.1 Å². The molecule has 1 aromatic rings. The molecule has 0 unspecified atom stereocenters. The van der Waals surface area contributed by atoms with Gasteiger partial charge in [-0.3, -0.25) is 4.79 Å². The Hall–Kier alpha value is -1.39. The van der Waals surface area contributed by atoms with Crippen LogP contribution in [-0.4, -0.2) is 23.2 Å². The fourth-order valence-electron chi connectivity index (χ4n) is 0.701. The first-order chi connectivity index (χ1) is 5.76. The van der Waals surface area contributed by atoms with Crippen molar-refractivity contribution in [3.8, 4) is 0 Å². The SMILES string of the molecule is CCc1noc(CC(=O)OC)n1. The molecule has 0 bridgehead atoms. The summed E-state index contributed by atoms with van der Waals surface area (Å²) in [6, 6.07) is 0. The van der Waals surface area contributed by atoms with Crippen LogP contribution in [0.1, 0.15) is 18.6 Å². The summed E-state index contributed by atoms with van der Waals surface area (Å²) in [5.41, 5.74) is 0. The molecular formula is C7H10N2O3. The Bertz CT molecular complexity index is 269. The molecule has 0 aliphatic rings. The first-order valence-electron chi connectivity index (χ1n) is 3.64. The number of nitrogens with zero attached hydrogens (tertiary/aromatic N) is 2. The molecule has 0 aliphatic heterocycles. The van der Waals surface area contributed by atoms with E-state index in [4.69, 9.17) is 4.52 Å². The molecule has 0 aliphatic carbocycles. The van der Waals surface area contributed by atoms with Crippen molar-refractivity contribution in [2.24, 2.45) is 0 Å². The molecule has 12 heavy (non-hydrogen) atoms. The lowest BCUT2D eigenvalue weighted by Crippen LogP contribution is -2.04. The molecule has 1 heterocycles. The van der Waals surface area contributed by atoms with Crippen molar-refractivity contribution in [2.45, 2.75) is 19.8 Å². The van der Waals surface area contributed by atoms with Gasteiger partial charge in [0.1, 0.15) is 6.42 Å². The molecule has 0 aromatic carbocycles. The molecule has 0 saturated heterocycles. The minimum atomic E-state index is -0.374. The standard InChI is InChI=1S/C7H10N2O3/c1-3-5-8-6(12-9-5)4-7(10)11-2/h3-4H2,1-2H3. The third-order valence-corrected chi connectivity index (χ3v) is 1.35. The molecule has 5 heteroatoms. The second-order valence-corrected chi connectivity index (χ2v) is 2.21. The van der Waals surface area contributed by atoms with Gasteiger partial charge in [0.2, 0.25) is 5.89 Å². The van der Waals surface area contributed by atoms with Crippen LogP contribution in [0, 0.1) is 0 Å². The van der Waals surface area contributed by atoms with E-state index in [-0.39, 0.29) is 12.4 Å². The number of aryl methyl sites for hydroxylation is 1. The van der Waals surface area contributed by atoms with Crippen LogP contribution in [0.2, 0.25) is 0 Å².